The summed E-state index contributed by atoms with van der Waals surface area (Å²) in [5, 5.41) is 6.70. The fourth-order valence-corrected chi connectivity index (χ4v) is 3.80. The molecule has 0 spiro atoms. The van der Waals surface area contributed by atoms with E-state index in [1.807, 2.05) is 0 Å². The zero-order valence-electron chi connectivity index (χ0n) is 11.6. The minimum absolute atomic E-state index is 0.189. The monoisotopic (exact) mass is 281 g/mol. The van der Waals surface area contributed by atoms with Crippen LogP contribution in [0.2, 0.25) is 0 Å². The van der Waals surface area contributed by atoms with Gasteiger partial charge in [0, 0.05) is 30.7 Å². The Morgan fingerprint density at radius 1 is 1.47 bits per heavy atom. The Morgan fingerprint density at radius 3 is 3.05 bits per heavy atom. The predicted octanol–water partition coefficient (Wildman–Crippen LogP) is 1.82. The van der Waals surface area contributed by atoms with Crippen molar-refractivity contribution in [2.45, 2.75) is 25.9 Å². The lowest BCUT2D eigenvalue weighted by atomic mass is 9.97. The fraction of sp³-hybridized carbons (Fsp3) is 0.786. The molecule has 2 fully saturated rings. The second-order valence-corrected chi connectivity index (χ2v) is 6.53. The van der Waals surface area contributed by atoms with Crippen LogP contribution in [0.15, 0.2) is 5.38 Å². The number of aromatic nitrogens is 1. The Hall–Kier alpha value is -0.490. The Bertz CT molecular complexity index is 403. The molecule has 3 heterocycles. The lowest BCUT2D eigenvalue weighted by molar-refractivity contribution is -0.0357. The van der Waals surface area contributed by atoms with Crippen molar-refractivity contribution in [3.05, 3.63) is 16.1 Å². The summed E-state index contributed by atoms with van der Waals surface area (Å²) in [6.45, 7) is 8.58. The van der Waals surface area contributed by atoms with Gasteiger partial charge in [0.25, 0.3) is 0 Å². The standard InChI is InChI=1S/C14H23N3OS/c1-11-10-19-14(16-11)13-9-17(6-7-18-13)8-12-2-4-15-5-3-12/h10,12-13,15H,2-9H2,1H3. The summed E-state index contributed by atoms with van der Waals surface area (Å²) in [6.07, 6.45) is 2.82. The molecule has 19 heavy (non-hydrogen) atoms. The van der Waals surface area contributed by atoms with Gasteiger partial charge >= 0.3 is 0 Å². The van der Waals surface area contributed by atoms with Gasteiger partial charge in [-0.25, -0.2) is 4.98 Å². The SMILES string of the molecule is Cc1csc(C2CN(CC3CCNCC3)CCO2)n1. The molecule has 106 valence electrons. The number of ether oxygens (including phenoxy) is 1. The average molecular weight is 281 g/mol. The van der Waals surface area contributed by atoms with E-state index in [1.54, 1.807) is 11.3 Å². The van der Waals surface area contributed by atoms with E-state index in [-0.39, 0.29) is 6.10 Å². The molecule has 2 aliphatic heterocycles. The van der Waals surface area contributed by atoms with Gasteiger partial charge in [0.2, 0.25) is 0 Å². The van der Waals surface area contributed by atoms with Crippen LogP contribution in [0.25, 0.3) is 0 Å². The molecular formula is C14H23N3OS. The Kier molecular flexibility index (Phi) is 4.48. The number of nitrogens with one attached hydrogen (secondary N) is 1. The quantitative estimate of drug-likeness (QED) is 0.917. The van der Waals surface area contributed by atoms with Crippen LogP contribution in [0.4, 0.5) is 0 Å². The number of hydrogen-bond acceptors (Lipinski definition) is 5. The highest BCUT2D eigenvalue weighted by atomic mass is 32.1. The van der Waals surface area contributed by atoms with E-state index in [2.05, 4.69) is 27.5 Å². The number of piperidine rings is 1. The van der Waals surface area contributed by atoms with Crippen molar-refractivity contribution in [2.75, 3.05) is 39.3 Å². The van der Waals surface area contributed by atoms with Crippen molar-refractivity contribution in [3.8, 4) is 0 Å². The molecule has 5 heteroatoms. The minimum atomic E-state index is 0.189. The van der Waals surface area contributed by atoms with E-state index in [0.29, 0.717) is 0 Å². The minimum Gasteiger partial charge on any atom is -0.368 e. The van der Waals surface area contributed by atoms with E-state index in [0.717, 1.165) is 36.3 Å². The summed E-state index contributed by atoms with van der Waals surface area (Å²) in [7, 11) is 0. The number of thiazole rings is 1. The molecule has 3 rings (SSSR count). The van der Waals surface area contributed by atoms with Crippen LogP contribution in [0, 0.1) is 12.8 Å². The number of rotatable bonds is 3. The predicted molar refractivity (Wildman–Crippen MR) is 77.6 cm³/mol. The number of morpholine rings is 1. The third-order valence-corrected chi connectivity index (χ3v) is 5.09. The molecule has 1 aromatic rings. The fourth-order valence-electron chi connectivity index (χ4n) is 2.97. The molecule has 0 bridgehead atoms. The van der Waals surface area contributed by atoms with Gasteiger partial charge < -0.3 is 10.1 Å². The Balaban J connectivity index is 1.55. The molecule has 4 nitrogen and oxygen atoms in total. The summed E-state index contributed by atoms with van der Waals surface area (Å²) in [4.78, 5) is 7.14. The van der Waals surface area contributed by atoms with Gasteiger partial charge in [0.15, 0.2) is 0 Å². The number of hydrogen-bond donors (Lipinski definition) is 1. The molecule has 0 amide bonds. The van der Waals surface area contributed by atoms with Crippen molar-refractivity contribution >= 4 is 11.3 Å². The lowest BCUT2D eigenvalue weighted by Crippen LogP contribution is -2.43. The first kappa shape index (κ1) is 13.5. The second-order valence-electron chi connectivity index (χ2n) is 5.64. The van der Waals surface area contributed by atoms with Crippen molar-refractivity contribution < 1.29 is 4.74 Å². The van der Waals surface area contributed by atoms with E-state index in [4.69, 9.17) is 4.74 Å². The van der Waals surface area contributed by atoms with Gasteiger partial charge in [0.1, 0.15) is 11.1 Å². The lowest BCUT2D eigenvalue weighted by Gasteiger charge is -2.35. The highest BCUT2D eigenvalue weighted by Crippen LogP contribution is 2.26. The normalized spacial score (nSPS) is 26.7. The summed E-state index contributed by atoms with van der Waals surface area (Å²) >= 11 is 1.73. The molecule has 2 aliphatic rings. The van der Waals surface area contributed by atoms with Crippen LogP contribution in [-0.4, -0.2) is 49.2 Å². The van der Waals surface area contributed by atoms with Crippen molar-refractivity contribution in [1.82, 2.24) is 15.2 Å². The highest BCUT2D eigenvalue weighted by molar-refractivity contribution is 7.09. The smallest absolute Gasteiger partial charge is 0.123 e. The van der Waals surface area contributed by atoms with Crippen molar-refractivity contribution in [2.24, 2.45) is 5.92 Å². The number of nitrogens with zero attached hydrogens (tertiary/aromatic N) is 2. The summed E-state index contributed by atoms with van der Waals surface area (Å²) in [5.74, 6) is 0.859. The van der Waals surface area contributed by atoms with Crippen molar-refractivity contribution in [1.29, 1.82) is 0 Å². The zero-order chi connectivity index (χ0) is 13.1. The topological polar surface area (TPSA) is 37.4 Å². The van der Waals surface area contributed by atoms with Gasteiger partial charge in [-0.15, -0.1) is 11.3 Å². The van der Waals surface area contributed by atoms with Crippen LogP contribution in [0.1, 0.15) is 29.6 Å². The second kappa shape index (κ2) is 6.31. The van der Waals surface area contributed by atoms with E-state index in [1.165, 1.54) is 32.5 Å². The van der Waals surface area contributed by atoms with E-state index < -0.39 is 0 Å². The van der Waals surface area contributed by atoms with Gasteiger partial charge in [-0.3, -0.25) is 4.90 Å². The first-order chi connectivity index (χ1) is 9.31. The first-order valence-electron chi connectivity index (χ1n) is 7.28. The average Bonchev–Trinajstić information content (AvgIpc) is 2.87. The first-order valence-corrected chi connectivity index (χ1v) is 8.16. The molecule has 0 saturated carbocycles. The Morgan fingerprint density at radius 2 is 2.32 bits per heavy atom. The number of aryl methyl sites for hydroxylation is 1. The molecule has 0 radical (unpaired) electrons. The van der Waals surface area contributed by atoms with E-state index in [9.17, 15) is 0 Å². The zero-order valence-corrected chi connectivity index (χ0v) is 12.4. The van der Waals surface area contributed by atoms with E-state index >= 15 is 0 Å². The van der Waals surface area contributed by atoms with Crippen LogP contribution >= 0.6 is 11.3 Å². The van der Waals surface area contributed by atoms with Gasteiger partial charge in [0.05, 0.1) is 6.61 Å². The largest absolute Gasteiger partial charge is 0.368 e. The highest BCUT2D eigenvalue weighted by Gasteiger charge is 2.26. The summed E-state index contributed by atoms with van der Waals surface area (Å²) in [5.41, 5.74) is 1.11. The Labute approximate surface area is 119 Å². The molecule has 1 N–H and O–H groups in total. The molecule has 1 aromatic heterocycles. The van der Waals surface area contributed by atoms with Crippen LogP contribution in [0.3, 0.4) is 0 Å². The van der Waals surface area contributed by atoms with Crippen LogP contribution in [-0.2, 0) is 4.74 Å². The summed E-state index contributed by atoms with van der Waals surface area (Å²) in [6, 6.07) is 0. The maximum atomic E-state index is 5.89. The van der Waals surface area contributed by atoms with Gasteiger partial charge in [-0.05, 0) is 38.8 Å². The van der Waals surface area contributed by atoms with Crippen molar-refractivity contribution in [3.63, 3.8) is 0 Å². The third kappa shape index (κ3) is 3.54. The van der Waals surface area contributed by atoms with Gasteiger partial charge in [-0.1, -0.05) is 0 Å². The summed E-state index contributed by atoms with van der Waals surface area (Å²) < 4.78 is 5.89. The molecule has 1 atom stereocenters. The molecule has 2 saturated heterocycles. The molecular weight excluding hydrogens is 258 g/mol. The van der Waals surface area contributed by atoms with Crippen LogP contribution in [0.5, 0.6) is 0 Å². The third-order valence-electron chi connectivity index (χ3n) is 4.04. The molecule has 1 unspecified atom stereocenters. The van der Waals surface area contributed by atoms with Gasteiger partial charge in [-0.2, -0.15) is 0 Å². The molecule has 0 aliphatic carbocycles. The maximum Gasteiger partial charge on any atom is 0.123 e. The van der Waals surface area contributed by atoms with Crippen LogP contribution < -0.4 is 5.32 Å². The molecule has 0 aromatic carbocycles. The maximum absolute atomic E-state index is 5.89.